The Morgan fingerprint density at radius 1 is 1.38 bits per heavy atom. The molecule has 0 bridgehead atoms. The van der Waals surface area contributed by atoms with Crippen molar-refractivity contribution in [2.75, 3.05) is 7.11 Å². The van der Waals surface area contributed by atoms with Gasteiger partial charge in [0, 0.05) is 12.3 Å². The van der Waals surface area contributed by atoms with Gasteiger partial charge < -0.3 is 10.1 Å². The molecule has 114 valence electrons. The molecule has 0 aromatic carbocycles. The molecule has 1 unspecified atom stereocenters. The molecular formula is C15H21N3O3. The van der Waals surface area contributed by atoms with Gasteiger partial charge in [-0.2, -0.15) is 0 Å². The number of nitrogens with one attached hydrogen (secondary N) is 1. The van der Waals surface area contributed by atoms with Crippen LogP contribution in [0.1, 0.15) is 33.3 Å². The van der Waals surface area contributed by atoms with Gasteiger partial charge in [0.05, 0.1) is 13.7 Å². The van der Waals surface area contributed by atoms with Crippen LogP contribution in [0.25, 0.3) is 0 Å². The van der Waals surface area contributed by atoms with Crippen LogP contribution in [0, 0.1) is 5.41 Å². The van der Waals surface area contributed by atoms with Crippen LogP contribution in [0.15, 0.2) is 18.3 Å². The van der Waals surface area contributed by atoms with Crippen LogP contribution in [-0.4, -0.2) is 34.5 Å². The number of aromatic nitrogens is 1. The van der Waals surface area contributed by atoms with E-state index < -0.39 is 5.54 Å². The van der Waals surface area contributed by atoms with Gasteiger partial charge in [0.25, 0.3) is 5.91 Å². The number of urea groups is 1. The van der Waals surface area contributed by atoms with E-state index in [0.29, 0.717) is 5.88 Å². The normalized spacial score (nSPS) is 22.4. The van der Waals surface area contributed by atoms with Crippen molar-refractivity contribution in [2.45, 2.75) is 39.8 Å². The first-order chi connectivity index (χ1) is 9.69. The molecule has 0 spiro atoms. The third-order valence-electron chi connectivity index (χ3n) is 4.12. The summed E-state index contributed by atoms with van der Waals surface area (Å²) in [5, 5.41) is 2.81. The van der Waals surface area contributed by atoms with E-state index in [1.165, 1.54) is 12.0 Å². The Bertz CT molecular complexity index is 580. The van der Waals surface area contributed by atoms with E-state index in [9.17, 15) is 9.59 Å². The second-order valence-electron chi connectivity index (χ2n) is 6.40. The summed E-state index contributed by atoms with van der Waals surface area (Å²) in [6.07, 6.45) is 1.59. The Morgan fingerprint density at radius 3 is 2.57 bits per heavy atom. The highest BCUT2D eigenvalue weighted by molar-refractivity contribution is 6.07. The molecule has 1 aromatic rings. The van der Waals surface area contributed by atoms with Crippen molar-refractivity contribution < 1.29 is 14.3 Å². The van der Waals surface area contributed by atoms with E-state index in [-0.39, 0.29) is 23.9 Å². The van der Waals surface area contributed by atoms with Crippen LogP contribution in [0.5, 0.6) is 5.88 Å². The third kappa shape index (κ3) is 2.57. The Morgan fingerprint density at radius 2 is 2.05 bits per heavy atom. The molecule has 2 rings (SSSR count). The lowest BCUT2D eigenvalue weighted by Gasteiger charge is -2.35. The Labute approximate surface area is 124 Å². The number of nitrogens with zero attached hydrogens (tertiary/aromatic N) is 2. The maximum Gasteiger partial charge on any atom is 0.325 e. The highest BCUT2D eigenvalue weighted by Crippen LogP contribution is 2.35. The molecule has 0 radical (unpaired) electrons. The van der Waals surface area contributed by atoms with Gasteiger partial charge in [0.1, 0.15) is 5.54 Å². The van der Waals surface area contributed by atoms with E-state index >= 15 is 0 Å². The lowest BCUT2D eigenvalue weighted by Crippen LogP contribution is -2.54. The van der Waals surface area contributed by atoms with E-state index in [0.717, 1.165) is 5.56 Å². The first-order valence-corrected chi connectivity index (χ1v) is 6.82. The molecule has 0 saturated carbocycles. The number of carbonyl (C=O) groups excluding carboxylic acids is 2. The Balaban J connectivity index is 2.25. The van der Waals surface area contributed by atoms with Gasteiger partial charge in [0.2, 0.25) is 5.88 Å². The van der Waals surface area contributed by atoms with Gasteiger partial charge in [-0.1, -0.05) is 20.8 Å². The predicted octanol–water partition coefficient (Wildman–Crippen LogP) is 1.95. The molecule has 21 heavy (non-hydrogen) atoms. The minimum atomic E-state index is -0.902. The molecule has 1 aliphatic heterocycles. The van der Waals surface area contributed by atoms with E-state index in [1.807, 2.05) is 20.8 Å². The number of amides is 3. The fourth-order valence-corrected chi connectivity index (χ4v) is 2.19. The number of hydrogen-bond acceptors (Lipinski definition) is 4. The SMILES string of the molecule is COc1cc(CN2C(=O)NC(C)(C(C)(C)C)C2=O)ccn1. The molecule has 3 amide bonds. The topological polar surface area (TPSA) is 71.5 Å². The molecular weight excluding hydrogens is 270 g/mol. The number of hydrogen-bond donors (Lipinski definition) is 1. The highest BCUT2D eigenvalue weighted by Gasteiger charge is 2.54. The van der Waals surface area contributed by atoms with E-state index in [4.69, 9.17) is 4.74 Å². The molecule has 1 aliphatic rings. The van der Waals surface area contributed by atoms with Crippen molar-refractivity contribution in [3.63, 3.8) is 0 Å². The summed E-state index contributed by atoms with van der Waals surface area (Å²) < 4.78 is 5.05. The Hall–Kier alpha value is -2.11. The number of carbonyl (C=O) groups is 2. The van der Waals surface area contributed by atoms with Gasteiger partial charge in [-0.05, 0) is 24.0 Å². The van der Waals surface area contributed by atoms with Gasteiger partial charge in [0.15, 0.2) is 0 Å². The maximum absolute atomic E-state index is 12.6. The maximum atomic E-state index is 12.6. The number of methoxy groups -OCH3 is 1. The molecule has 6 nitrogen and oxygen atoms in total. The summed E-state index contributed by atoms with van der Waals surface area (Å²) in [6.45, 7) is 7.77. The van der Waals surface area contributed by atoms with E-state index in [2.05, 4.69) is 10.3 Å². The monoisotopic (exact) mass is 291 g/mol. The molecule has 0 aliphatic carbocycles. The standard InChI is InChI=1S/C15H21N3O3/c1-14(2,3)15(4)12(19)18(13(20)17-15)9-10-6-7-16-11(8-10)21-5/h6-8H,9H2,1-5H3,(H,17,20). The molecule has 1 fully saturated rings. The summed E-state index contributed by atoms with van der Waals surface area (Å²) >= 11 is 0. The summed E-state index contributed by atoms with van der Waals surface area (Å²) in [4.78, 5) is 30.0. The fraction of sp³-hybridized carbons (Fsp3) is 0.533. The van der Waals surface area contributed by atoms with Crippen LogP contribution in [-0.2, 0) is 11.3 Å². The first kappa shape index (κ1) is 15.3. The first-order valence-electron chi connectivity index (χ1n) is 6.82. The zero-order chi connectivity index (χ0) is 15.8. The quantitative estimate of drug-likeness (QED) is 0.864. The van der Waals surface area contributed by atoms with Crippen molar-refractivity contribution in [1.29, 1.82) is 0 Å². The van der Waals surface area contributed by atoms with Crippen LogP contribution in [0.3, 0.4) is 0 Å². The number of rotatable bonds is 3. The molecule has 1 aromatic heterocycles. The van der Waals surface area contributed by atoms with Gasteiger partial charge >= 0.3 is 6.03 Å². The van der Waals surface area contributed by atoms with Gasteiger partial charge in [-0.25, -0.2) is 9.78 Å². The van der Waals surface area contributed by atoms with Crippen molar-refractivity contribution in [1.82, 2.24) is 15.2 Å². The van der Waals surface area contributed by atoms with Crippen LogP contribution < -0.4 is 10.1 Å². The minimum Gasteiger partial charge on any atom is -0.481 e. The third-order valence-corrected chi connectivity index (χ3v) is 4.12. The van der Waals surface area contributed by atoms with Gasteiger partial charge in [-0.15, -0.1) is 0 Å². The molecule has 1 saturated heterocycles. The largest absolute Gasteiger partial charge is 0.481 e. The van der Waals surface area contributed by atoms with Crippen LogP contribution in [0.2, 0.25) is 0 Å². The van der Waals surface area contributed by atoms with Crippen molar-refractivity contribution >= 4 is 11.9 Å². The lowest BCUT2D eigenvalue weighted by atomic mass is 9.75. The smallest absolute Gasteiger partial charge is 0.325 e. The van der Waals surface area contributed by atoms with Crippen LogP contribution in [0.4, 0.5) is 4.79 Å². The minimum absolute atomic E-state index is 0.204. The van der Waals surface area contributed by atoms with Crippen molar-refractivity contribution in [3.05, 3.63) is 23.9 Å². The predicted molar refractivity (Wildman–Crippen MR) is 77.7 cm³/mol. The molecule has 2 heterocycles. The zero-order valence-corrected chi connectivity index (χ0v) is 13.1. The molecule has 6 heteroatoms. The summed E-state index contributed by atoms with van der Waals surface area (Å²) in [6, 6.07) is 3.11. The molecule has 1 atom stereocenters. The summed E-state index contributed by atoms with van der Waals surface area (Å²) in [7, 11) is 1.52. The average Bonchev–Trinajstić information content (AvgIpc) is 2.63. The number of ether oxygens (including phenoxy) is 1. The summed E-state index contributed by atoms with van der Waals surface area (Å²) in [5.41, 5.74) is -0.477. The Kier molecular flexibility index (Phi) is 3.65. The second kappa shape index (κ2) is 5.02. The number of pyridine rings is 1. The summed E-state index contributed by atoms with van der Waals surface area (Å²) in [5.74, 6) is 0.244. The fourth-order valence-electron chi connectivity index (χ4n) is 2.19. The zero-order valence-electron chi connectivity index (χ0n) is 13.1. The number of imide groups is 1. The van der Waals surface area contributed by atoms with Gasteiger partial charge in [-0.3, -0.25) is 9.69 Å². The lowest BCUT2D eigenvalue weighted by molar-refractivity contribution is -0.134. The van der Waals surface area contributed by atoms with Crippen LogP contribution >= 0.6 is 0 Å². The van der Waals surface area contributed by atoms with Crippen molar-refractivity contribution in [2.24, 2.45) is 5.41 Å². The second-order valence-corrected chi connectivity index (χ2v) is 6.40. The highest BCUT2D eigenvalue weighted by atomic mass is 16.5. The molecule has 1 N–H and O–H groups in total. The average molecular weight is 291 g/mol. The van der Waals surface area contributed by atoms with Crippen molar-refractivity contribution in [3.8, 4) is 5.88 Å². The van der Waals surface area contributed by atoms with E-state index in [1.54, 1.807) is 25.3 Å².